The van der Waals surface area contributed by atoms with Crippen LogP contribution in [-0.4, -0.2) is 48.7 Å². The third-order valence-corrected chi connectivity index (χ3v) is 5.50. The lowest BCUT2D eigenvalue weighted by molar-refractivity contribution is -0.139. The van der Waals surface area contributed by atoms with Crippen molar-refractivity contribution in [2.45, 2.75) is 52.1 Å². The Labute approximate surface area is 182 Å². The van der Waals surface area contributed by atoms with Crippen molar-refractivity contribution in [3.05, 3.63) is 47.4 Å². The van der Waals surface area contributed by atoms with Gasteiger partial charge in [-0.15, -0.1) is 0 Å². The zero-order chi connectivity index (χ0) is 22.4. The molecule has 8 nitrogen and oxygen atoms in total. The number of carbonyl (C=O) groups is 2. The summed E-state index contributed by atoms with van der Waals surface area (Å²) in [5.41, 5.74) is 3.60. The molecule has 1 N–H and O–H groups in total. The zero-order valence-corrected chi connectivity index (χ0v) is 18.4. The van der Waals surface area contributed by atoms with Gasteiger partial charge in [0.15, 0.2) is 18.1 Å². The summed E-state index contributed by atoms with van der Waals surface area (Å²) in [6, 6.07) is 7.25. The molecular formula is C23H29N3O5. The van der Waals surface area contributed by atoms with Crippen molar-refractivity contribution in [1.29, 1.82) is 0 Å². The van der Waals surface area contributed by atoms with Crippen LogP contribution in [0.25, 0.3) is 0 Å². The quantitative estimate of drug-likeness (QED) is 0.539. The van der Waals surface area contributed by atoms with Crippen LogP contribution in [0.5, 0.6) is 11.5 Å². The van der Waals surface area contributed by atoms with Crippen LogP contribution in [0, 0.1) is 6.92 Å². The van der Waals surface area contributed by atoms with Crippen LogP contribution in [0.3, 0.4) is 0 Å². The summed E-state index contributed by atoms with van der Waals surface area (Å²) in [4.78, 5) is 26.6. The molecule has 1 aromatic carbocycles. The summed E-state index contributed by atoms with van der Waals surface area (Å²) in [6.07, 6.45) is 6.14. The molecule has 2 atom stereocenters. The Balaban J connectivity index is 1.60. The van der Waals surface area contributed by atoms with E-state index in [4.69, 9.17) is 13.9 Å². The Morgan fingerprint density at radius 3 is 2.61 bits per heavy atom. The van der Waals surface area contributed by atoms with E-state index in [0.29, 0.717) is 28.4 Å². The molecule has 8 heteroatoms. The second-order valence-corrected chi connectivity index (χ2v) is 7.72. The first-order valence-corrected chi connectivity index (χ1v) is 10.4. The topological polar surface area (TPSA) is 93.4 Å². The number of ether oxygens (including phenoxy) is 2. The molecule has 0 spiro atoms. The number of piperidine rings is 1. The summed E-state index contributed by atoms with van der Waals surface area (Å²) in [5, 5.41) is 3.97. The second-order valence-electron chi connectivity index (χ2n) is 7.72. The van der Waals surface area contributed by atoms with Crippen molar-refractivity contribution in [3.8, 4) is 11.5 Å². The van der Waals surface area contributed by atoms with Gasteiger partial charge in [0, 0.05) is 12.1 Å². The van der Waals surface area contributed by atoms with Crippen molar-refractivity contribution in [2.24, 2.45) is 5.10 Å². The standard InChI is InChI=1S/C23H29N3O5/c1-15-6-5-7-16(2)26(15)22(27)14-31-20-9-8-18(12-21(20)29-4)13-24-25-23(28)19-10-11-30-17(19)3/h8-13,15-16H,5-7,14H2,1-4H3,(H,25,28)/b24-13-/t15-,16-/m0/s1. The number of hydrogen-bond acceptors (Lipinski definition) is 6. The van der Waals surface area contributed by atoms with Crippen LogP contribution < -0.4 is 14.9 Å². The van der Waals surface area contributed by atoms with E-state index in [0.717, 1.165) is 19.3 Å². The molecule has 3 rings (SSSR count). The van der Waals surface area contributed by atoms with E-state index in [1.165, 1.54) is 19.6 Å². The Morgan fingerprint density at radius 2 is 1.97 bits per heavy atom. The maximum atomic E-state index is 12.7. The van der Waals surface area contributed by atoms with Crippen molar-refractivity contribution in [3.63, 3.8) is 0 Å². The van der Waals surface area contributed by atoms with Gasteiger partial charge in [0.1, 0.15) is 5.76 Å². The Hall–Kier alpha value is -3.29. The monoisotopic (exact) mass is 427 g/mol. The van der Waals surface area contributed by atoms with Gasteiger partial charge < -0.3 is 18.8 Å². The van der Waals surface area contributed by atoms with Crippen LogP contribution in [0.1, 0.15) is 54.8 Å². The highest BCUT2D eigenvalue weighted by molar-refractivity contribution is 5.95. The van der Waals surface area contributed by atoms with Crippen molar-refractivity contribution < 1.29 is 23.5 Å². The molecule has 31 heavy (non-hydrogen) atoms. The summed E-state index contributed by atoms with van der Waals surface area (Å²) in [7, 11) is 1.53. The highest BCUT2D eigenvalue weighted by Crippen LogP contribution is 2.28. The molecule has 1 fully saturated rings. The second kappa shape index (κ2) is 10.1. The van der Waals surface area contributed by atoms with Crippen LogP contribution in [0.4, 0.5) is 0 Å². The highest BCUT2D eigenvalue weighted by Gasteiger charge is 2.29. The fourth-order valence-electron chi connectivity index (χ4n) is 3.86. The molecule has 2 amide bonds. The average molecular weight is 428 g/mol. The minimum atomic E-state index is -0.353. The van der Waals surface area contributed by atoms with Crippen LogP contribution in [0.2, 0.25) is 0 Å². The summed E-state index contributed by atoms with van der Waals surface area (Å²) >= 11 is 0. The molecule has 0 aliphatic carbocycles. The molecular weight excluding hydrogens is 398 g/mol. The van der Waals surface area contributed by atoms with Gasteiger partial charge in [0.05, 0.1) is 25.2 Å². The maximum absolute atomic E-state index is 12.7. The van der Waals surface area contributed by atoms with E-state index in [2.05, 4.69) is 24.4 Å². The van der Waals surface area contributed by atoms with Crippen LogP contribution in [0.15, 0.2) is 40.0 Å². The molecule has 0 bridgehead atoms. The van der Waals surface area contributed by atoms with E-state index in [9.17, 15) is 9.59 Å². The number of nitrogens with one attached hydrogen (secondary N) is 1. The van der Waals surface area contributed by atoms with Gasteiger partial charge in [-0.1, -0.05) is 0 Å². The van der Waals surface area contributed by atoms with Gasteiger partial charge >= 0.3 is 0 Å². The van der Waals surface area contributed by atoms with E-state index < -0.39 is 0 Å². The molecule has 0 unspecified atom stereocenters. The third-order valence-electron chi connectivity index (χ3n) is 5.50. The molecule has 0 radical (unpaired) electrons. The largest absolute Gasteiger partial charge is 0.493 e. The van der Waals surface area contributed by atoms with Gasteiger partial charge in [0.2, 0.25) is 0 Å². The lowest BCUT2D eigenvalue weighted by atomic mass is 9.97. The zero-order valence-electron chi connectivity index (χ0n) is 18.4. The predicted molar refractivity (Wildman–Crippen MR) is 117 cm³/mol. The molecule has 1 aromatic heterocycles. The van der Waals surface area contributed by atoms with Gasteiger partial charge in [-0.2, -0.15) is 5.10 Å². The maximum Gasteiger partial charge on any atom is 0.274 e. The molecule has 166 valence electrons. The number of rotatable bonds is 7. The van der Waals surface area contributed by atoms with Crippen molar-refractivity contribution in [1.82, 2.24) is 10.3 Å². The van der Waals surface area contributed by atoms with E-state index in [-0.39, 0.29) is 30.5 Å². The first-order valence-electron chi connectivity index (χ1n) is 10.4. The number of aryl methyl sites for hydroxylation is 1. The van der Waals surface area contributed by atoms with Crippen molar-refractivity contribution >= 4 is 18.0 Å². The number of carbonyl (C=O) groups excluding carboxylic acids is 2. The lowest BCUT2D eigenvalue weighted by Gasteiger charge is -2.39. The molecule has 1 aliphatic heterocycles. The normalized spacial score (nSPS) is 18.8. The van der Waals surface area contributed by atoms with Gasteiger partial charge in [-0.25, -0.2) is 5.43 Å². The van der Waals surface area contributed by atoms with Gasteiger partial charge in [-0.3, -0.25) is 9.59 Å². The molecule has 2 heterocycles. The van der Waals surface area contributed by atoms with E-state index >= 15 is 0 Å². The summed E-state index contributed by atoms with van der Waals surface area (Å²) < 4.78 is 16.3. The summed E-state index contributed by atoms with van der Waals surface area (Å²) in [5.74, 6) is 1.11. The molecule has 1 saturated heterocycles. The number of methoxy groups -OCH3 is 1. The number of furan rings is 1. The predicted octanol–water partition coefficient (Wildman–Crippen LogP) is 3.53. The Morgan fingerprint density at radius 1 is 1.23 bits per heavy atom. The highest BCUT2D eigenvalue weighted by atomic mass is 16.5. The smallest absolute Gasteiger partial charge is 0.274 e. The Kier molecular flexibility index (Phi) is 7.33. The van der Waals surface area contributed by atoms with E-state index in [1.807, 2.05) is 4.90 Å². The van der Waals surface area contributed by atoms with Crippen LogP contribution >= 0.6 is 0 Å². The Bertz CT molecular complexity index is 942. The number of nitrogens with zero attached hydrogens (tertiary/aromatic N) is 2. The van der Waals surface area contributed by atoms with Gasteiger partial charge in [-0.05, 0) is 69.9 Å². The molecule has 1 aliphatic rings. The van der Waals surface area contributed by atoms with Gasteiger partial charge in [0.25, 0.3) is 11.8 Å². The van der Waals surface area contributed by atoms with Crippen LogP contribution in [-0.2, 0) is 4.79 Å². The number of benzene rings is 1. The number of hydrogen-bond donors (Lipinski definition) is 1. The minimum absolute atomic E-state index is 0.0235. The minimum Gasteiger partial charge on any atom is -0.493 e. The van der Waals surface area contributed by atoms with E-state index in [1.54, 1.807) is 31.2 Å². The van der Waals surface area contributed by atoms with Crippen molar-refractivity contribution in [2.75, 3.05) is 13.7 Å². The molecule has 0 saturated carbocycles. The first-order chi connectivity index (χ1) is 14.9. The third kappa shape index (κ3) is 5.45. The number of amides is 2. The summed E-state index contributed by atoms with van der Waals surface area (Å²) in [6.45, 7) is 5.82. The molecule has 2 aromatic rings. The number of hydrazone groups is 1. The lowest BCUT2D eigenvalue weighted by Crippen LogP contribution is -2.49. The number of likely N-dealkylation sites (tertiary alicyclic amines) is 1. The first kappa shape index (κ1) is 22.4. The fourth-order valence-corrected chi connectivity index (χ4v) is 3.86. The average Bonchev–Trinajstić information content (AvgIpc) is 3.18. The SMILES string of the molecule is COc1cc(/C=N\NC(=O)c2ccoc2C)ccc1OCC(=O)N1[C@@H](C)CCC[C@@H]1C. The fraction of sp³-hybridized carbons (Fsp3) is 0.435.